The van der Waals surface area contributed by atoms with E-state index < -0.39 is 5.82 Å². The van der Waals surface area contributed by atoms with Crippen molar-refractivity contribution in [3.8, 4) is 0 Å². The molecule has 2 aromatic carbocycles. The van der Waals surface area contributed by atoms with Gasteiger partial charge in [0.25, 0.3) is 0 Å². The lowest BCUT2D eigenvalue weighted by molar-refractivity contribution is 0.604. The average molecular weight is 265 g/mol. The summed E-state index contributed by atoms with van der Waals surface area (Å²) in [6, 6.07) is 12.3. The minimum absolute atomic E-state index is 0.110. The zero-order valence-corrected chi connectivity index (χ0v) is 10.7. The number of aryl methyl sites for hydroxylation is 1. The van der Waals surface area contributed by atoms with Gasteiger partial charge in [-0.1, -0.05) is 41.9 Å². The molecule has 4 heteroatoms. The van der Waals surface area contributed by atoms with Crippen molar-refractivity contribution in [3.05, 3.63) is 70.0 Å². The molecule has 94 valence electrons. The summed E-state index contributed by atoms with van der Waals surface area (Å²) < 4.78 is 13.5. The van der Waals surface area contributed by atoms with Crippen LogP contribution in [-0.4, -0.2) is 0 Å². The molecule has 2 aromatic rings. The second-order valence-corrected chi connectivity index (χ2v) is 4.54. The number of halogens is 2. The second kappa shape index (κ2) is 5.48. The average Bonchev–Trinajstić information content (AvgIpc) is 2.37. The van der Waals surface area contributed by atoms with Crippen molar-refractivity contribution in [1.82, 2.24) is 5.43 Å². The van der Waals surface area contributed by atoms with Crippen LogP contribution in [0.2, 0.25) is 5.02 Å². The van der Waals surface area contributed by atoms with Gasteiger partial charge in [-0.15, -0.1) is 0 Å². The summed E-state index contributed by atoms with van der Waals surface area (Å²) >= 11 is 5.68. The first-order valence-corrected chi connectivity index (χ1v) is 5.98. The fourth-order valence-electron chi connectivity index (χ4n) is 1.97. The SMILES string of the molecule is Cc1ccccc1C(NN)c1ccc(Cl)c(F)c1. The van der Waals surface area contributed by atoms with E-state index >= 15 is 0 Å². The minimum atomic E-state index is -0.442. The van der Waals surface area contributed by atoms with E-state index in [9.17, 15) is 4.39 Å². The van der Waals surface area contributed by atoms with Crippen molar-refractivity contribution < 1.29 is 4.39 Å². The van der Waals surface area contributed by atoms with E-state index in [1.54, 1.807) is 6.07 Å². The van der Waals surface area contributed by atoms with Crippen molar-refractivity contribution in [2.45, 2.75) is 13.0 Å². The minimum Gasteiger partial charge on any atom is -0.271 e. The molecule has 0 saturated carbocycles. The Morgan fingerprint density at radius 1 is 1.22 bits per heavy atom. The summed E-state index contributed by atoms with van der Waals surface area (Å²) in [7, 11) is 0. The lowest BCUT2D eigenvalue weighted by Crippen LogP contribution is -2.29. The maximum absolute atomic E-state index is 13.5. The van der Waals surface area contributed by atoms with Gasteiger partial charge in [0.05, 0.1) is 11.1 Å². The van der Waals surface area contributed by atoms with Gasteiger partial charge in [0, 0.05) is 0 Å². The van der Waals surface area contributed by atoms with E-state index in [4.69, 9.17) is 17.4 Å². The molecular formula is C14H14ClFN2. The Labute approximate surface area is 111 Å². The van der Waals surface area contributed by atoms with E-state index in [1.807, 2.05) is 31.2 Å². The van der Waals surface area contributed by atoms with Crippen LogP contribution in [0.25, 0.3) is 0 Å². The molecule has 0 fully saturated rings. The number of hydrazine groups is 1. The van der Waals surface area contributed by atoms with Crippen LogP contribution in [-0.2, 0) is 0 Å². The van der Waals surface area contributed by atoms with Gasteiger partial charge in [0.15, 0.2) is 0 Å². The maximum atomic E-state index is 13.5. The molecule has 0 spiro atoms. The monoisotopic (exact) mass is 264 g/mol. The smallest absolute Gasteiger partial charge is 0.142 e. The van der Waals surface area contributed by atoms with Crippen LogP contribution in [0.1, 0.15) is 22.7 Å². The maximum Gasteiger partial charge on any atom is 0.142 e. The van der Waals surface area contributed by atoms with Gasteiger partial charge in [-0.2, -0.15) is 0 Å². The largest absolute Gasteiger partial charge is 0.271 e. The Morgan fingerprint density at radius 3 is 2.56 bits per heavy atom. The lowest BCUT2D eigenvalue weighted by Gasteiger charge is -2.19. The first-order valence-electron chi connectivity index (χ1n) is 5.60. The first-order chi connectivity index (χ1) is 8.63. The van der Waals surface area contributed by atoms with Crippen LogP contribution >= 0.6 is 11.6 Å². The lowest BCUT2D eigenvalue weighted by atomic mass is 9.95. The molecule has 2 nitrogen and oxygen atoms in total. The third-order valence-electron chi connectivity index (χ3n) is 2.94. The quantitative estimate of drug-likeness (QED) is 0.659. The van der Waals surface area contributed by atoms with Crippen LogP contribution in [0.3, 0.4) is 0 Å². The third-order valence-corrected chi connectivity index (χ3v) is 3.25. The highest BCUT2D eigenvalue weighted by Gasteiger charge is 2.15. The molecule has 0 bridgehead atoms. The summed E-state index contributed by atoms with van der Waals surface area (Å²) in [5.74, 6) is 5.15. The molecule has 0 saturated heterocycles. The molecule has 18 heavy (non-hydrogen) atoms. The van der Waals surface area contributed by atoms with Gasteiger partial charge in [0.2, 0.25) is 0 Å². The molecule has 0 aliphatic heterocycles. The van der Waals surface area contributed by atoms with Gasteiger partial charge in [-0.05, 0) is 35.7 Å². The summed E-state index contributed by atoms with van der Waals surface area (Å²) in [6.45, 7) is 1.99. The molecule has 0 aromatic heterocycles. The summed E-state index contributed by atoms with van der Waals surface area (Å²) in [5.41, 5.74) is 5.57. The zero-order valence-electron chi connectivity index (χ0n) is 9.95. The van der Waals surface area contributed by atoms with Crippen molar-refractivity contribution >= 4 is 11.6 Å². The summed E-state index contributed by atoms with van der Waals surface area (Å²) in [6.07, 6.45) is 0. The predicted molar refractivity (Wildman–Crippen MR) is 71.8 cm³/mol. The van der Waals surface area contributed by atoms with Crippen molar-refractivity contribution in [3.63, 3.8) is 0 Å². The molecule has 0 aliphatic rings. The van der Waals surface area contributed by atoms with E-state index in [0.717, 1.165) is 16.7 Å². The highest BCUT2D eigenvalue weighted by Crippen LogP contribution is 2.26. The molecular weight excluding hydrogens is 251 g/mol. The molecule has 0 aliphatic carbocycles. The fourth-order valence-corrected chi connectivity index (χ4v) is 2.09. The van der Waals surface area contributed by atoms with Crippen LogP contribution < -0.4 is 11.3 Å². The number of nitrogens with one attached hydrogen (secondary N) is 1. The zero-order chi connectivity index (χ0) is 13.1. The molecule has 0 radical (unpaired) electrons. The Morgan fingerprint density at radius 2 is 1.94 bits per heavy atom. The Kier molecular flexibility index (Phi) is 3.97. The fraction of sp³-hybridized carbons (Fsp3) is 0.143. The van der Waals surface area contributed by atoms with E-state index in [1.165, 1.54) is 12.1 Å². The van der Waals surface area contributed by atoms with Crippen LogP contribution in [0, 0.1) is 12.7 Å². The van der Waals surface area contributed by atoms with Gasteiger partial charge >= 0.3 is 0 Å². The predicted octanol–water partition coefficient (Wildman–Crippen LogP) is 3.34. The Bertz CT molecular complexity index is 557. The summed E-state index contributed by atoms with van der Waals surface area (Å²) in [5, 5.41) is 0.110. The van der Waals surface area contributed by atoms with Crippen molar-refractivity contribution in [2.24, 2.45) is 5.84 Å². The topological polar surface area (TPSA) is 38.0 Å². The first kappa shape index (κ1) is 13.0. The van der Waals surface area contributed by atoms with Crippen LogP contribution in [0.15, 0.2) is 42.5 Å². The van der Waals surface area contributed by atoms with E-state index in [0.29, 0.717) is 0 Å². The Balaban J connectivity index is 2.45. The van der Waals surface area contributed by atoms with Crippen LogP contribution in [0.4, 0.5) is 4.39 Å². The Hall–Kier alpha value is -1.42. The number of hydrogen-bond acceptors (Lipinski definition) is 2. The third kappa shape index (κ3) is 2.53. The molecule has 0 heterocycles. The number of nitrogens with two attached hydrogens (primary N) is 1. The number of rotatable bonds is 3. The van der Waals surface area contributed by atoms with Crippen molar-refractivity contribution in [1.29, 1.82) is 0 Å². The standard InChI is InChI=1S/C14H14ClFN2/c1-9-4-2-3-5-11(9)14(18-17)10-6-7-12(15)13(16)8-10/h2-8,14,18H,17H2,1H3. The summed E-state index contributed by atoms with van der Waals surface area (Å²) in [4.78, 5) is 0. The van der Waals surface area contributed by atoms with Gasteiger partial charge in [0.1, 0.15) is 5.82 Å². The van der Waals surface area contributed by atoms with Gasteiger partial charge < -0.3 is 0 Å². The number of hydrogen-bond donors (Lipinski definition) is 2. The molecule has 0 amide bonds. The molecule has 2 rings (SSSR count). The van der Waals surface area contributed by atoms with E-state index in [-0.39, 0.29) is 11.1 Å². The van der Waals surface area contributed by atoms with Gasteiger partial charge in [-0.25, -0.2) is 9.82 Å². The van der Waals surface area contributed by atoms with Gasteiger partial charge in [-0.3, -0.25) is 5.84 Å². The highest BCUT2D eigenvalue weighted by molar-refractivity contribution is 6.30. The number of benzene rings is 2. The van der Waals surface area contributed by atoms with Crippen LogP contribution in [0.5, 0.6) is 0 Å². The van der Waals surface area contributed by atoms with Crippen molar-refractivity contribution in [2.75, 3.05) is 0 Å². The molecule has 1 unspecified atom stereocenters. The molecule has 3 N–H and O–H groups in total. The second-order valence-electron chi connectivity index (χ2n) is 4.13. The van der Waals surface area contributed by atoms with E-state index in [2.05, 4.69) is 5.43 Å². The molecule has 1 atom stereocenters. The highest BCUT2D eigenvalue weighted by atomic mass is 35.5. The normalized spacial score (nSPS) is 12.4.